The summed E-state index contributed by atoms with van der Waals surface area (Å²) >= 11 is 0. The van der Waals surface area contributed by atoms with Gasteiger partial charge in [-0.05, 0) is 37.1 Å². The van der Waals surface area contributed by atoms with E-state index in [1.807, 2.05) is 54.6 Å². The number of hydrogen-bond acceptors (Lipinski definition) is 5. The summed E-state index contributed by atoms with van der Waals surface area (Å²) in [5, 5.41) is 12.4. The van der Waals surface area contributed by atoms with Crippen LogP contribution in [-0.4, -0.2) is 26.2 Å². The van der Waals surface area contributed by atoms with E-state index in [0.717, 1.165) is 16.7 Å². The van der Waals surface area contributed by atoms with E-state index in [9.17, 15) is 4.79 Å². The van der Waals surface area contributed by atoms with E-state index in [1.54, 1.807) is 20.8 Å². The summed E-state index contributed by atoms with van der Waals surface area (Å²) in [4.78, 5) is 13.1. The molecule has 0 amide bonds. The van der Waals surface area contributed by atoms with Crippen LogP contribution in [0.4, 0.5) is 0 Å². The van der Waals surface area contributed by atoms with Crippen molar-refractivity contribution in [3.05, 3.63) is 54.6 Å². The second kappa shape index (κ2) is 6.84. The van der Waals surface area contributed by atoms with Crippen molar-refractivity contribution in [2.24, 2.45) is 5.41 Å². The van der Waals surface area contributed by atoms with Gasteiger partial charge in [0.25, 0.3) is 0 Å². The van der Waals surface area contributed by atoms with Crippen LogP contribution in [0.5, 0.6) is 0 Å². The molecule has 0 aliphatic heterocycles. The van der Waals surface area contributed by atoms with Gasteiger partial charge in [-0.1, -0.05) is 54.6 Å². The van der Waals surface area contributed by atoms with Crippen molar-refractivity contribution < 1.29 is 9.53 Å². The largest absolute Gasteiger partial charge is 0.440 e. The molecular formula is C19H20N4O2. The molecule has 0 radical (unpaired) electrons. The minimum atomic E-state index is -0.566. The first-order valence-corrected chi connectivity index (χ1v) is 8.05. The minimum absolute atomic E-state index is 0.0589. The summed E-state index contributed by atoms with van der Waals surface area (Å²) in [5.41, 5.74) is 2.41. The maximum absolute atomic E-state index is 11.8. The Morgan fingerprint density at radius 1 is 1.00 bits per heavy atom. The Bertz CT molecular complexity index is 866. The summed E-state index contributed by atoms with van der Waals surface area (Å²) in [6.45, 7) is 5.33. The Kier molecular flexibility index (Phi) is 4.61. The van der Waals surface area contributed by atoms with E-state index in [-0.39, 0.29) is 12.7 Å². The van der Waals surface area contributed by atoms with Crippen LogP contribution in [0.15, 0.2) is 54.6 Å². The molecule has 2 aromatic carbocycles. The van der Waals surface area contributed by atoms with E-state index >= 15 is 0 Å². The quantitative estimate of drug-likeness (QED) is 0.681. The first-order chi connectivity index (χ1) is 11.9. The van der Waals surface area contributed by atoms with Gasteiger partial charge in [0.05, 0.1) is 5.41 Å². The summed E-state index contributed by atoms with van der Waals surface area (Å²) in [6, 6.07) is 17.9. The monoisotopic (exact) mass is 336 g/mol. The van der Waals surface area contributed by atoms with Crippen molar-refractivity contribution in [2.45, 2.75) is 27.5 Å². The van der Waals surface area contributed by atoms with Crippen LogP contribution >= 0.6 is 0 Å². The van der Waals surface area contributed by atoms with Crippen molar-refractivity contribution in [1.82, 2.24) is 20.2 Å². The van der Waals surface area contributed by atoms with Gasteiger partial charge in [0.1, 0.15) is 0 Å². The van der Waals surface area contributed by atoms with Gasteiger partial charge in [0, 0.05) is 5.56 Å². The highest BCUT2D eigenvalue weighted by atomic mass is 16.5. The smallest absolute Gasteiger partial charge is 0.313 e. The second-order valence-electron chi connectivity index (χ2n) is 6.71. The number of esters is 1. The molecule has 6 heteroatoms. The molecular weight excluding hydrogens is 316 g/mol. The van der Waals surface area contributed by atoms with Crippen molar-refractivity contribution in [1.29, 1.82) is 0 Å². The second-order valence-corrected chi connectivity index (χ2v) is 6.71. The Labute approximate surface area is 146 Å². The van der Waals surface area contributed by atoms with E-state index in [4.69, 9.17) is 4.74 Å². The average Bonchev–Trinajstić information content (AvgIpc) is 3.08. The van der Waals surface area contributed by atoms with Crippen molar-refractivity contribution in [2.75, 3.05) is 0 Å². The van der Waals surface area contributed by atoms with Gasteiger partial charge in [-0.25, -0.2) is 0 Å². The lowest BCUT2D eigenvalue weighted by Gasteiger charge is -2.15. The van der Waals surface area contributed by atoms with Crippen LogP contribution in [0.1, 0.15) is 20.8 Å². The van der Waals surface area contributed by atoms with E-state index in [1.165, 1.54) is 4.80 Å². The zero-order chi connectivity index (χ0) is 17.9. The number of carbonyl (C=O) groups is 1. The number of ether oxygens (including phenoxy) is 1. The highest BCUT2D eigenvalue weighted by molar-refractivity contribution is 5.80. The Morgan fingerprint density at radius 3 is 2.32 bits per heavy atom. The lowest BCUT2D eigenvalue weighted by Crippen LogP contribution is -2.24. The summed E-state index contributed by atoms with van der Waals surface area (Å²) in [5.74, 6) is 0.183. The molecule has 0 spiro atoms. The number of benzene rings is 2. The summed E-state index contributed by atoms with van der Waals surface area (Å²) in [6.07, 6.45) is 0. The lowest BCUT2D eigenvalue weighted by atomic mass is 9.98. The third-order valence-electron chi connectivity index (χ3n) is 3.63. The number of hydrogen-bond donors (Lipinski definition) is 0. The molecule has 0 bridgehead atoms. The van der Waals surface area contributed by atoms with E-state index in [2.05, 4.69) is 15.4 Å². The molecule has 1 aromatic heterocycles. The molecule has 6 nitrogen and oxygen atoms in total. The SMILES string of the molecule is CC(C)(C)C(=O)OCn1nnc(-c2ccccc2-c2ccccc2)n1. The molecule has 0 saturated heterocycles. The number of rotatable bonds is 4. The fraction of sp³-hybridized carbons (Fsp3) is 0.263. The molecule has 25 heavy (non-hydrogen) atoms. The first-order valence-electron chi connectivity index (χ1n) is 8.05. The van der Waals surface area contributed by atoms with Crippen LogP contribution in [0.25, 0.3) is 22.5 Å². The fourth-order valence-corrected chi connectivity index (χ4v) is 2.29. The number of tetrazole rings is 1. The lowest BCUT2D eigenvalue weighted by molar-refractivity contribution is -0.157. The highest BCUT2D eigenvalue weighted by Crippen LogP contribution is 2.29. The molecule has 0 aliphatic rings. The predicted octanol–water partition coefficient (Wildman–Crippen LogP) is 3.55. The number of nitrogens with zero attached hydrogens (tertiary/aromatic N) is 4. The molecule has 3 aromatic rings. The van der Waals surface area contributed by atoms with Gasteiger partial charge in [-0.15, -0.1) is 15.0 Å². The minimum Gasteiger partial charge on any atom is -0.440 e. The fourth-order valence-electron chi connectivity index (χ4n) is 2.29. The van der Waals surface area contributed by atoms with Crippen LogP contribution in [0, 0.1) is 5.41 Å². The van der Waals surface area contributed by atoms with Crippen LogP contribution in [0.2, 0.25) is 0 Å². The number of carbonyl (C=O) groups excluding carboxylic acids is 1. The van der Waals surface area contributed by atoms with Gasteiger partial charge in [-0.3, -0.25) is 4.79 Å². The highest BCUT2D eigenvalue weighted by Gasteiger charge is 2.23. The standard InChI is InChI=1S/C19H20N4O2/c1-19(2,3)18(24)25-13-23-21-17(20-22-23)16-12-8-7-11-15(16)14-9-5-4-6-10-14/h4-12H,13H2,1-3H3. The van der Waals surface area contributed by atoms with Gasteiger partial charge >= 0.3 is 5.97 Å². The number of aromatic nitrogens is 4. The molecule has 0 unspecified atom stereocenters. The van der Waals surface area contributed by atoms with E-state index in [0.29, 0.717) is 5.82 Å². The van der Waals surface area contributed by atoms with Crippen LogP contribution in [0.3, 0.4) is 0 Å². The summed E-state index contributed by atoms with van der Waals surface area (Å²) < 4.78 is 5.22. The predicted molar refractivity (Wildman–Crippen MR) is 94.2 cm³/mol. The Hall–Kier alpha value is -3.02. The Morgan fingerprint density at radius 2 is 1.64 bits per heavy atom. The zero-order valence-corrected chi connectivity index (χ0v) is 14.5. The average molecular weight is 336 g/mol. The topological polar surface area (TPSA) is 69.9 Å². The third kappa shape index (κ3) is 3.91. The van der Waals surface area contributed by atoms with Crippen molar-refractivity contribution in [3.63, 3.8) is 0 Å². The third-order valence-corrected chi connectivity index (χ3v) is 3.63. The van der Waals surface area contributed by atoms with Crippen LogP contribution < -0.4 is 0 Å². The first kappa shape index (κ1) is 16.8. The maximum atomic E-state index is 11.8. The van der Waals surface area contributed by atoms with Gasteiger partial charge in [-0.2, -0.15) is 0 Å². The molecule has 3 rings (SSSR count). The normalized spacial score (nSPS) is 11.3. The molecule has 0 aliphatic carbocycles. The van der Waals surface area contributed by atoms with E-state index < -0.39 is 5.41 Å². The van der Waals surface area contributed by atoms with Crippen LogP contribution in [-0.2, 0) is 16.3 Å². The zero-order valence-electron chi connectivity index (χ0n) is 14.5. The maximum Gasteiger partial charge on any atom is 0.313 e. The molecule has 0 fully saturated rings. The summed E-state index contributed by atoms with van der Waals surface area (Å²) in [7, 11) is 0. The van der Waals surface area contributed by atoms with Crippen molar-refractivity contribution >= 4 is 5.97 Å². The molecule has 0 N–H and O–H groups in total. The van der Waals surface area contributed by atoms with Gasteiger partial charge in [0.2, 0.25) is 12.6 Å². The molecule has 1 heterocycles. The Balaban J connectivity index is 1.83. The van der Waals surface area contributed by atoms with Gasteiger partial charge in [0.15, 0.2) is 0 Å². The molecule has 0 atom stereocenters. The molecule has 0 saturated carbocycles. The van der Waals surface area contributed by atoms with Gasteiger partial charge < -0.3 is 4.74 Å². The molecule has 128 valence electrons. The van der Waals surface area contributed by atoms with Crippen molar-refractivity contribution in [3.8, 4) is 22.5 Å².